The van der Waals surface area contributed by atoms with E-state index >= 15 is 0 Å². The maximum Gasteiger partial charge on any atom is 0.239 e. The Hall–Kier alpha value is -1.86. The Morgan fingerprint density at radius 1 is 1.56 bits per heavy atom. The third kappa shape index (κ3) is 2.38. The van der Waals surface area contributed by atoms with Gasteiger partial charge in [-0.2, -0.15) is 5.26 Å². The Kier molecular flexibility index (Phi) is 2.88. The maximum absolute atomic E-state index is 11.3. The number of nitrogens with one attached hydrogen (secondary N) is 1. The molecule has 1 aromatic rings. The molecule has 0 spiro atoms. The van der Waals surface area contributed by atoms with E-state index in [2.05, 4.69) is 11.4 Å². The number of nitrogens with two attached hydrogens (primary N) is 1. The Balaban J connectivity index is 2.23. The van der Waals surface area contributed by atoms with Gasteiger partial charge in [-0.25, -0.2) is 0 Å². The van der Waals surface area contributed by atoms with Crippen LogP contribution in [0.25, 0.3) is 0 Å². The molecule has 0 saturated heterocycles. The second-order valence-electron chi connectivity index (χ2n) is 4.01. The van der Waals surface area contributed by atoms with Crippen molar-refractivity contribution in [3.05, 3.63) is 35.4 Å². The maximum atomic E-state index is 11.3. The van der Waals surface area contributed by atoms with Crippen molar-refractivity contribution in [2.75, 3.05) is 0 Å². The van der Waals surface area contributed by atoms with Gasteiger partial charge in [-0.05, 0) is 30.5 Å². The minimum absolute atomic E-state index is 0.392. The van der Waals surface area contributed by atoms with E-state index in [4.69, 9.17) is 11.0 Å². The van der Waals surface area contributed by atoms with Crippen molar-refractivity contribution in [1.29, 1.82) is 5.26 Å². The lowest BCUT2D eigenvalue weighted by Gasteiger charge is -2.15. The number of hydrogen-bond acceptors (Lipinski definition) is 3. The topological polar surface area (TPSA) is 78.9 Å². The molecule has 82 valence electrons. The van der Waals surface area contributed by atoms with Crippen LogP contribution < -0.4 is 11.1 Å². The minimum Gasteiger partial charge on any atom is -0.368 e. The van der Waals surface area contributed by atoms with Gasteiger partial charge in [0.25, 0.3) is 0 Å². The number of rotatable bonds is 4. The fourth-order valence-electron chi connectivity index (χ4n) is 1.62. The standard InChI is InChI=1S/C12H13N3O/c13-7-8-2-1-3-9(6-8)11(12(14)16)15-10-4-5-10/h1-3,6,10-11,15H,4-5H2,(H2,14,16). The van der Waals surface area contributed by atoms with Crippen LogP contribution in [0.1, 0.15) is 30.0 Å². The van der Waals surface area contributed by atoms with Crippen LogP contribution in [0.15, 0.2) is 24.3 Å². The van der Waals surface area contributed by atoms with Gasteiger partial charge in [0, 0.05) is 6.04 Å². The third-order valence-electron chi connectivity index (χ3n) is 2.61. The van der Waals surface area contributed by atoms with E-state index in [1.807, 2.05) is 6.07 Å². The van der Waals surface area contributed by atoms with Gasteiger partial charge in [-0.1, -0.05) is 12.1 Å². The summed E-state index contributed by atoms with van der Waals surface area (Å²) in [6.45, 7) is 0. The molecule has 0 aliphatic heterocycles. The van der Waals surface area contributed by atoms with Crippen molar-refractivity contribution in [1.82, 2.24) is 5.32 Å². The summed E-state index contributed by atoms with van der Waals surface area (Å²) in [4.78, 5) is 11.3. The molecule has 16 heavy (non-hydrogen) atoms. The van der Waals surface area contributed by atoms with Gasteiger partial charge in [-0.15, -0.1) is 0 Å². The SMILES string of the molecule is N#Cc1cccc(C(NC2CC2)C(N)=O)c1. The Bertz CT molecular complexity index is 446. The first-order valence-corrected chi connectivity index (χ1v) is 5.26. The highest BCUT2D eigenvalue weighted by Crippen LogP contribution is 2.24. The average molecular weight is 215 g/mol. The van der Waals surface area contributed by atoms with Gasteiger partial charge < -0.3 is 5.73 Å². The quantitative estimate of drug-likeness (QED) is 0.781. The number of carbonyl (C=O) groups is 1. The first-order valence-electron chi connectivity index (χ1n) is 5.26. The van der Waals surface area contributed by atoms with Gasteiger partial charge in [-0.3, -0.25) is 10.1 Å². The summed E-state index contributed by atoms with van der Waals surface area (Å²) < 4.78 is 0. The lowest BCUT2D eigenvalue weighted by atomic mass is 10.0. The Morgan fingerprint density at radius 3 is 2.88 bits per heavy atom. The van der Waals surface area contributed by atoms with Crippen molar-refractivity contribution in [2.45, 2.75) is 24.9 Å². The molecule has 0 radical (unpaired) electrons. The molecule has 1 atom stereocenters. The number of nitrogens with zero attached hydrogens (tertiary/aromatic N) is 1. The van der Waals surface area contributed by atoms with Crippen molar-refractivity contribution in [2.24, 2.45) is 5.73 Å². The molecule has 0 heterocycles. The van der Waals surface area contributed by atoms with Gasteiger partial charge >= 0.3 is 0 Å². The highest BCUT2D eigenvalue weighted by molar-refractivity contribution is 5.81. The van der Waals surface area contributed by atoms with Gasteiger partial charge in [0.2, 0.25) is 5.91 Å². The fourth-order valence-corrected chi connectivity index (χ4v) is 1.62. The second-order valence-corrected chi connectivity index (χ2v) is 4.01. The molecule has 0 aromatic heterocycles. The molecule has 4 nitrogen and oxygen atoms in total. The number of benzene rings is 1. The predicted molar refractivity (Wildman–Crippen MR) is 59.3 cm³/mol. The Morgan fingerprint density at radius 2 is 2.31 bits per heavy atom. The summed E-state index contributed by atoms with van der Waals surface area (Å²) in [5.74, 6) is -0.401. The van der Waals surface area contributed by atoms with Crippen LogP contribution in [0.4, 0.5) is 0 Å². The molecule has 0 bridgehead atoms. The first-order chi connectivity index (χ1) is 7.70. The van der Waals surface area contributed by atoms with E-state index in [1.54, 1.807) is 18.2 Å². The number of hydrogen-bond donors (Lipinski definition) is 2. The van der Waals surface area contributed by atoms with E-state index in [0.717, 1.165) is 18.4 Å². The molecule has 1 amide bonds. The molecule has 1 aliphatic carbocycles. The second kappa shape index (κ2) is 4.33. The van der Waals surface area contributed by atoms with E-state index in [0.29, 0.717) is 11.6 Å². The smallest absolute Gasteiger partial charge is 0.239 e. The molecule has 1 aromatic carbocycles. The first kappa shape index (κ1) is 10.7. The number of amides is 1. The summed E-state index contributed by atoms with van der Waals surface area (Å²) in [5.41, 5.74) is 6.66. The summed E-state index contributed by atoms with van der Waals surface area (Å²) in [6.07, 6.45) is 2.17. The van der Waals surface area contributed by atoms with Crippen LogP contribution in [0.2, 0.25) is 0 Å². The molecule has 1 unspecified atom stereocenters. The van der Waals surface area contributed by atoms with Crippen molar-refractivity contribution < 1.29 is 4.79 Å². The molecule has 1 saturated carbocycles. The summed E-state index contributed by atoms with van der Waals surface area (Å²) in [6, 6.07) is 8.94. The van der Waals surface area contributed by atoms with E-state index in [1.165, 1.54) is 0 Å². The molecular weight excluding hydrogens is 202 g/mol. The highest BCUT2D eigenvalue weighted by Gasteiger charge is 2.28. The average Bonchev–Trinajstić information content (AvgIpc) is 3.09. The highest BCUT2D eigenvalue weighted by atomic mass is 16.1. The van der Waals surface area contributed by atoms with E-state index < -0.39 is 11.9 Å². The zero-order chi connectivity index (χ0) is 11.5. The molecule has 1 aliphatic rings. The van der Waals surface area contributed by atoms with Crippen LogP contribution in [-0.4, -0.2) is 11.9 Å². The third-order valence-corrected chi connectivity index (χ3v) is 2.61. The lowest BCUT2D eigenvalue weighted by molar-refractivity contribution is -0.120. The summed E-state index contributed by atoms with van der Waals surface area (Å²) >= 11 is 0. The van der Waals surface area contributed by atoms with Crippen molar-refractivity contribution in [3.8, 4) is 6.07 Å². The van der Waals surface area contributed by atoms with Gasteiger partial charge in [0.05, 0.1) is 11.6 Å². The van der Waals surface area contributed by atoms with Gasteiger partial charge in [0.15, 0.2) is 0 Å². The number of primary amides is 1. The zero-order valence-electron chi connectivity index (χ0n) is 8.81. The molecule has 3 N–H and O–H groups in total. The lowest BCUT2D eigenvalue weighted by Crippen LogP contribution is -2.34. The van der Waals surface area contributed by atoms with E-state index in [9.17, 15) is 4.79 Å². The largest absolute Gasteiger partial charge is 0.368 e. The summed E-state index contributed by atoms with van der Waals surface area (Å²) in [5, 5.41) is 12.0. The number of carbonyl (C=O) groups excluding carboxylic acids is 1. The molecule has 1 fully saturated rings. The molecule has 2 rings (SSSR count). The van der Waals surface area contributed by atoms with Crippen LogP contribution in [0.5, 0.6) is 0 Å². The van der Waals surface area contributed by atoms with Crippen LogP contribution in [-0.2, 0) is 4.79 Å². The minimum atomic E-state index is -0.485. The van der Waals surface area contributed by atoms with Crippen LogP contribution in [0, 0.1) is 11.3 Å². The van der Waals surface area contributed by atoms with Crippen molar-refractivity contribution in [3.63, 3.8) is 0 Å². The van der Waals surface area contributed by atoms with Crippen LogP contribution in [0.3, 0.4) is 0 Å². The van der Waals surface area contributed by atoms with E-state index in [-0.39, 0.29) is 0 Å². The zero-order valence-corrected chi connectivity index (χ0v) is 8.81. The Labute approximate surface area is 94.1 Å². The predicted octanol–water partition coefficient (Wildman–Crippen LogP) is 0.837. The molecular formula is C12H13N3O. The van der Waals surface area contributed by atoms with Gasteiger partial charge in [0.1, 0.15) is 6.04 Å². The van der Waals surface area contributed by atoms with Crippen molar-refractivity contribution >= 4 is 5.91 Å². The van der Waals surface area contributed by atoms with Crippen LogP contribution >= 0.6 is 0 Å². The normalized spacial score (nSPS) is 16.4. The fraction of sp³-hybridized carbons (Fsp3) is 0.333. The molecule has 4 heteroatoms. The summed E-state index contributed by atoms with van der Waals surface area (Å²) in [7, 11) is 0. The monoisotopic (exact) mass is 215 g/mol. The number of nitriles is 1.